The van der Waals surface area contributed by atoms with Crippen LogP contribution in [0, 0.1) is 0 Å². The zero-order valence-electron chi connectivity index (χ0n) is 9.61. The molecule has 0 aliphatic rings. The number of aryl methyl sites for hydroxylation is 2. The number of rotatable bonds is 4. The van der Waals surface area contributed by atoms with E-state index in [9.17, 15) is 9.59 Å². The van der Waals surface area contributed by atoms with Gasteiger partial charge in [-0.15, -0.1) is 0 Å². The molecule has 1 N–H and O–H groups in total. The molecule has 0 saturated carbocycles. The number of hydrogen-bond donors (Lipinski definition) is 1. The third-order valence-corrected chi connectivity index (χ3v) is 2.54. The molecule has 5 nitrogen and oxygen atoms in total. The lowest BCUT2D eigenvalue weighted by Crippen LogP contribution is -2.25. The molecule has 0 amide bonds. The molecule has 0 unspecified atom stereocenters. The summed E-state index contributed by atoms with van der Waals surface area (Å²) in [5.74, 6) is -1.14. The average Bonchev–Trinajstić information content (AvgIpc) is 2.38. The van der Waals surface area contributed by atoms with Crippen molar-refractivity contribution in [1.82, 2.24) is 9.78 Å². The van der Waals surface area contributed by atoms with E-state index in [2.05, 4.69) is 5.10 Å². The molecule has 2 rings (SSSR count). The number of hydrogen-bond acceptors (Lipinski definition) is 3. The fourth-order valence-electron chi connectivity index (χ4n) is 1.60. The molecule has 5 heteroatoms. The standard InChI is InChI=1S/C13H12N2O3/c16-12-7-6-11(13(17)18)14-15(12)9-8-10-4-2-1-3-5-10/h1-7H,8-9H2,(H,17,18). The first-order valence-corrected chi connectivity index (χ1v) is 5.52. The van der Waals surface area contributed by atoms with Crippen LogP contribution < -0.4 is 5.56 Å². The zero-order chi connectivity index (χ0) is 13.0. The summed E-state index contributed by atoms with van der Waals surface area (Å²) in [6.45, 7) is 0.365. The topological polar surface area (TPSA) is 72.2 Å². The third kappa shape index (κ3) is 2.82. The minimum Gasteiger partial charge on any atom is -0.476 e. The van der Waals surface area contributed by atoms with E-state index < -0.39 is 5.97 Å². The predicted molar refractivity (Wildman–Crippen MR) is 65.6 cm³/mol. The molecule has 0 saturated heterocycles. The number of nitrogens with zero attached hydrogens (tertiary/aromatic N) is 2. The second-order valence-electron chi connectivity index (χ2n) is 3.82. The van der Waals surface area contributed by atoms with Crippen molar-refractivity contribution >= 4 is 5.97 Å². The van der Waals surface area contributed by atoms with Gasteiger partial charge in [-0.1, -0.05) is 30.3 Å². The molecule has 0 fully saturated rings. The molecule has 0 radical (unpaired) electrons. The smallest absolute Gasteiger partial charge is 0.356 e. The summed E-state index contributed by atoms with van der Waals surface area (Å²) in [6, 6.07) is 12.1. The van der Waals surface area contributed by atoms with Gasteiger partial charge in [0.1, 0.15) is 0 Å². The predicted octanol–water partition coefficient (Wildman–Crippen LogP) is 1.18. The van der Waals surface area contributed by atoms with Crippen LogP contribution in [0.2, 0.25) is 0 Å². The van der Waals surface area contributed by atoms with Crippen molar-refractivity contribution < 1.29 is 9.90 Å². The van der Waals surface area contributed by atoms with E-state index in [1.807, 2.05) is 30.3 Å². The highest BCUT2D eigenvalue weighted by Gasteiger charge is 2.07. The van der Waals surface area contributed by atoms with Gasteiger partial charge in [-0.25, -0.2) is 9.48 Å². The van der Waals surface area contributed by atoms with Gasteiger partial charge in [-0.05, 0) is 18.1 Å². The van der Waals surface area contributed by atoms with Gasteiger partial charge in [0.25, 0.3) is 5.56 Å². The lowest BCUT2D eigenvalue weighted by atomic mass is 10.1. The molecule has 2 aromatic rings. The number of carboxylic acid groups (broad SMARTS) is 1. The first-order valence-electron chi connectivity index (χ1n) is 5.52. The Balaban J connectivity index is 2.16. The fourth-order valence-corrected chi connectivity index (χ4v) is 1.60. The zero-order valence-corrected chi connectivity index (χ0v) is 9.61. The summed E-state index contributed by atoms with van der Waals surface area (Å²) < 4.78 is 1.18. The van der Waals surface area contributed by atoms with Gasteiger partial charge in [0.2, 0.25) is 0 Å². The van der Waals surface area contributed by atoms with Gasteiger partial charge >= 0.3 is 5.97 Å². The second-order valence-corrected chi connectivity index (χ2v) is 3.82. The summed E-state index contributed by atoms with van der Waals surface area (Å²) in [5, 5.41) is 12.6. The summed E-state index contributed by atoms with van der Waals surface area (Å²) in [6.07, 6.45) is 0.636. The van der Waals surface area contributed by atoms with Crippen LogP contribution in [0.25, 0.3) is 0 Å². The van der Waals surface area contributed by atoms with Crippen LogP contribution >= 0.6 is 0 Å². The van der Waals surface area contributed by atoms with Crippen LogP contribution in [0.15, 0.2) is 47.3 Å². The Kier molecular flexibility index (Phi) is 3.52. The fraction of sp³-hybridized carbons (Fsp3) is 0.154. The first kappa shape index (κ1) is 12.0. The Hall–Kier alpha value is -2.43. The SMILES string of the molecule is O=C(O)c1ccc(=O)n(CCc2ccccc2)n1. The molecular weight excluding hydrogens is 232 g/mol. The van der Waals surface area contributed by atoms with Crippen molar-refractivity contribution in [3.63, 3.8) is 0 Å². The Labute approximate surface area is 103 Å². The average molecular weight is 244 g/mol. The molecule has 0 spiro atoms. The highest BCUT2D eigenvalue weighted by Crippen LogP contribution is 2.00. The summed E-state index contributed by atoms with van der Waals surface area (Å²) in [5.41, 5.74) is 0.658. The van der Waals surface area contributed by atoms with Crippen molar-refractivity contribution in [2.75, 3.05) is 0 Å². The van der Waals surface area contributed by atoms with Crippen LogP contribution in [-0.2, 0) is 13.0 Å². The van der Waals surface area contributed by atoms with E-state index in [1.165, 1.54) is 16.8 Å². The Bertz CT molecular complexity index is 605. The van der Waals surface area contributed by atoms with Crippen LogP contribution in [-0.4, -0.2) is 20.9 Å². The number of benzene rings is 1. The van der Waals surface area contributed by atoms with Gasteiger partial charge in [0.05, 0.1) is 0 Å². The minimum absolute atomic E-state index is 0.123. The molecule has 1 heterocycles. The Morgan fingerprint density at radius 2 is 1.89 bits per heavy atom. The van der Waals surface area contributed by atoms with E-state index in [-0.39, 0.29) is 11.3 Å². The van der Waals surface area contributed by atoms with E-state index >= 15 is 0 Å². The van der Waals surface area contributed by atoms with Crippen molar-refractivity contribution in [3.8, 4) is 0 Å². The van der Waals surface area contributed by atoms with Gasteiger partial charge in [-0.2, -0.15) is 5.10 Å². The minimum atomic E-state index is -1.14. The molecule has 18 heavy (non-hydrogen) atoms. The van der Waals surface area contributed by atoms with E-state index in [4.69, 9.17) is 5.11 Å². The lowest BCUT2D eigenvalue weighted by molar-refractivity contribution is 0.0687. The highest BCUT2D eigenvalue weighted by atomic mass is 16.4. The van der Waals surface area contributed by atoms with Crippen LogP contribution in [0.5, 0.6) is 0 Å². The lowest BCUT2D eigenvalue weighted by Gasteiger charge is -2.05. The molecule has 0 atom stereocenters. The van der Waals surface area contributed by atoms with Gasteiger partial charge < -0.3 is 5.11 Å². The molecule has 1 aromatic carbocycles. The molecule has 0 aliphatic heterocycles. The molecular formula is C13H12N2O3. The van der Waals surface area contributed by atoms with Crippen molar-refractivity contribution in [1.29, 1.82) is 0 Å². The van der Waals surface area contributed by atoms with Crippen LogP contribution in [0.4, 0.5) is 0 Å². The monoisotopic (exact) mass is 244 g/mol. The highest BCUT2D eigenvalue weighted by molar-refractivity contribution is 5.84. The quantitative estimate of drug-likeness (QED) is 0.876. The maximum absolute atomic E-state index is 11.5. The van der Waals surface area contributed by atoms with Crippen molar-refractivity contribution in [3.05, 3.63) is 64.1 Å². The Morgan fingerprint density at radius 1 is 1.17 bits per heavy atom. The maximum Gasteiger partial charge on any atom is 0.356 e. The number of carbonyl (C=O) groups is 1. The summed E-state index contributed by atoms with van der Waals surface area (Å²) >= 11 is 0. The van der Waals surface area contributed by atoms with Crippen molar-refractivity contribution in [2.45, 2.75) is 13.0 Å². The normalized spacial score (nSPS) is 10.2. The number of aromatic carboxylic acids is 1. The third-order valence-electron chi connectivity index (χ3n) is 2.54. The molecule has 1 aromatic heterocycles. The number of carboxylic acids is 1. The molecule has 0 bridgehead atoms. The second kappa shape index (κ2) is 5.27. The maximum atomic E-state index is 11.5. The first-order chi connectivity index (χ1) is 8.66. The Morgan fingerprint density at radius 3 is 2.56 bits per heavy atom. The summed E-state index contributed by atoms with van der Waals surface area (Å²) in [4.78, 5) is 22.3. The van der Waals surface area contributed by atoms with E-state index in [1.54, 1.807) is 0 Å². The largest absolute Gasteiger partial charge is 0.476 e. The van der Waals surface area contributed by atoms with E-state index in [0.717, 1.165) is 5.56 Å². The summed E-state index contributed by atoms with van der Waals surface area (Å²) in [7, 11) is 0. The van der Waals surface area contributed by atoms with Gasteiger partial charge in [0, 0.05) is 12.6 Å². The van der Waals surface area contributed by atoms with Crippen molar-refractivity contribution in [2.24, 2.45) is 0 Å². The van der Waals surface area contributed by atoms with E-state index in [0.29, 0.717) is 13.0 Å². The molecule has 0 aliphatic carbocycles. The van der Waals surface area contributed by atoms with Crippen LogP contribution in [0.1, 0.15) is 16.1 Å². The molecule has 92 valence electrons. The van der Waals surface area contributed by atoms with Gasteiger partial charge in [-0.3, -0.25) is 4.79 Å². The van der Waals surface area contributed by atoms with Crippen LogP contribution in [0.3, 0.4) is 0 Å². The number of aromatic nitrogens is 2. The van der Waals surface area contributed by atoms with Gasteiger partial charge in [0.15, 0.2) is 5.69 Å².